The van der Waals surface area contributed by atoms with Crippen molar-refractivity contribution in [2.45, 2.75) is 6.42 Å². The first-order valence-corrected chi connectivity index (χ1v) is 8.07. The molecule has 2 aromatic rings. The van der Waals surface area contributed by atoms with E-state index in [9.17, 15) is 10.1 Å². The molecule has 0 aromatic heterocycles. The minimum absolute atomic E-state index is 0. The van der Waals surface area contributed by atoms with Gasteiger partial charge in [0.15, 0.2) is 0 Å². The van der Waals surface area contributed by atoms with Gasteiger partial charge in [0.1, 0.15) is 0 Å². The van der Waals surface area contributed by atoms with E-state index in [2.05, 4.69) is 17.0 Å². The lowest BCUT2D eigenvalue weighted by Gasteiger charge is -2.19. The van der Waals surface area contributed by atoms with Crippen molar-refractivity contribution in [3.63, 3.8) is 0 Å². The number of halogens is 1. The van der Waals surface area contributed by atoms with Crippen molar-refractivity contribution in [1.29, 1.82) is 0 Å². The Labute approximate surface area is 154 Å². The van der Waals surface area contributed by atoms with E-state index < -0.39 is 0 Å². The fourth-order valence-electron chi connectivity index (χ4n) is 2.53. The molecule has 0 bridgehead atoms. The number of hydrogen-bond acceptors (Lipinski definition) is 4. The Morgan fingerprint density at radius 2 is 1.72 bits per heavy atom. The average Bonchev–Trinajstić information content (AvgIpc) is 2.61. The predicted octanol–water partition coefficient (Wildman–Crippen LogP) is 3.53. The Morgan fingerprint density at radius 1 is 1.04 bits per heavy atom. The van der Waals surface area contributed by atoms with Gasteiger partial charge < -0.3 is 5.73 Å². The summed E-state index contributed by atoms with van der Waals surface area (Å²) in [6, 6.07) is 17.1. The monoisotopic (exact) mass is 361 g/mol. The zero-order valence-corrected chi connectivity index (χ0v) is 14.9. The van der Waals surface area contributed by atoms with E-state index in [1.807, 2.05) is 30.4 Å². The van der Waals surface area contributed by atoms with Gasteiger partial charge >= 0.3 is 0 Å². The van der Waals surface area contributed by atoms with E-state index in [1.165, 1.54) is 11.6 Å². The van der Waals surface area contributed by atoms with Crippen LogP contribution in [0, 0.1) is 10.1 Å². The molecule has 0 amide bonds. The van der Waals surface area contributed by atoms with Gasteiger partial charge in [0.2, 0.25) is 0 Å². The number of nitro groups is 1. The van der Waals surface area contributed by atoms with Gasteiger partial charge in [-0.2, -0.15) is 0 Å². The first kappa shape index (κ1) is 20.8. The number of nitro benzene ring substituents is 1. The third kappa shape index (κ3) is 7.05. The Hall–Kier alpha value is -2.21. The first-order valence-electron chi connectivity index (χ1n) is 8.07. The van der Waals surface area contributed by atoms with Crippen molar-refractivity contribution in [2.24, 2.45) is 5.73 Å². The highest BCUT2D eigenvalue weighted by molar-refractivity contribution is 5.85. The summed E-state index contributed by atoms with van der Waals surface area (Å²) < 4.78 is 0. The lowest BCUT2D eigenvalue weighted by molar-refractivity contribution is -0.385. The molecule has 0 heterocycles. The molecule has 2 rings (SSSR count). The molecule has 0 radical (unpaired) electrons. The molecule has 0 saturated heterocycles. The molecule has 0 spiro atoms. The van der Waals surface area contributed by atoms with Gasteiger partial charge in [0.25, 0.3) is 5.69 Å². The molecule has 0 aliphatic carbocycles. The summed E-state index contributed by atoms with van der Waals surface area (Å²) in [4.78, 5) is 12.9. The van der Waals surface area contributed by atoms with Crippen molar-refractivity contribution in [1.82, 2.24) is 4.90 Å². The second-order valence-corrected chi connectivity index (χ2v) is 5.54. The summed E-state index contributed by atoms with van der Waals surface area (Å²) >= 11 is 0. The van der Waals surface area contributed by atoms with Gasteiger partial charge in [0, 0.05) is 32.2 Å². The predicted molar refractivity (Wildman–Crippen MR) is 105 cm³/mol. The lowest BCUT2D eigenvalue weighted by Crippen LogP contribution is -2.31. The molecule has 25 heavy (non-hydrogen) atoms. The summed E-state index contributed by atoms with van der Waals surface area (Å²) in [5.74, 6) is 0. The third-order valence-corrected chi connectivity index (χ3v) is 3.80. The molecule has 2 aromatic carbocycles. The Bertz CT molecular complexity index is 677. The van der Waals surface area contributed by atoms with Gasteiger partial charge in [-0.15, -0.1) is 12.4 Å². The fraction of sp³-hybridized carbons (Fsp3) is 0.263. The maximum Gasteiger partial charge on any atom is 0.276 e. The first-order chi connectivity index (χ1) is 11.7. The standard InChI is InChI=1S/C19H23N3O2.ClH/c20-13-16-21(15-12-17-7-2-1-3-8-17)14-6-10-18-9-4-5-11-19(18)22(23)24;/h1-11H,12-16,20H2;1H/b10-6+;. The zero-order valence-electron chi connectivity index (χ0n) is 14.1. The summed E-state index contributed by atoms with van der Waals surface area (Å²) in [5.41, 5.74) is 7.74. The van der Waals surface area contributed by atoms with Gasteiger partial charge in [-0.3, -0.25) is 15.0 Å². The van der Waals surface area contributed by atoms with Crippen LogP contribution in [0.3, 0.4) is 0 Å². The summed E-state index contributed by atoms with van der Waals surface area (Å²) in [6.07, 6.45) is 4.73. The van der Waals surface area contributed by atoms with Crippen molar-refractivity contribution >= 4 is 24.2 Å². The van der Waals surface area contributed by atoms with Gasteiger partial charge in [-0.1, -0.05) is 54.6 Å². The van der Waals surface area contributed by atoms with Crippen molar-refractivity contribution in [2.75, 3.05) is 26.2 Å². The average molecular weight is 362 g/mol. The number of nitrogens with two attached hydrogens (primary N) is 1. The quantitative estimate of drug-likeness (QED) is 0.547. The van der Waals surface area contributed by atoms with Crippen LogP contribution in [0.2, 0.25) is 0 Å². The van der Waals surface area contributed by atoms with Crippen LogP contribution in [0.1, 0.15) is 11.1 Å². The lowest BCUT2D eigenvalue weighted by atomic mass is 10.1. The minimum Gasteiger partial charge on any atom is -0.329 e. The van der Waals surface area contributed by atoms with Crippen molar-refractivity contribution in [3.05, 3.63) is 81.9 Å². The van der Waals surface area contributed by atoms with Gasteiger partial charge in [0.05, 0.1) is 10.5 Å². The van der Waals surface area contributed by atoms with Crippen LogP contribution < -0.4 is 5.73 Å². The van der Waals surface area contributed by atoms with Crippen LogP contribution in [0.15, 0.2) is 60.7 Å². The number of benzene rings is 2. The van der Waals surface area contributed by atoms with E-state index in [-0.39, 0.29) is 23.0 Å². The van der Waals surface area contributed by atoms with Crippen molar-refractivity contribution in [3.8, 4) is 0 Å². The Morgan fingerprint density at radius 3 is 2.40 bits per heavy atom. The maximum absolute atomic E-state index is 11.0. The summed E-state index contributed by atoms with van der Waals surface area (Å²) in [6.45, 7) is 3.01. The highest BCUT2D eigenvalue weighted by Crippen LogP contribution is 2.18. The Balaban J connectivity index is 0.00000312. The van der Waals surface area contributed by atoms with Crippen LogP contribution in [0.4, 0.5) is 5.69 Å². The number of para-hydroxylation sites is 1. The molecule has 0 aliphatic rings. The van der Waals surface area contributed by atoms with Gasteiger partial charge in [-0.25, -0.2) is 0 Å². The van der Waals surface area contributed by atoms with Crippen LogP contribution in [0.5, 0.6) is 0 Å². The molecular weight excluding hydrogens is 338 g/mol. The van der Waals surface area contributed by atoms with E-state index >= 15 is 0 Å². The van der Waals surface area contributed by atoms with Crippen LogP contribution >= 0.6 is 12.4 Å². The van der Waals surface area contributed by atoms with Gasteiger partial charge in [-0.05, 0) is 18.1 Å². The molecule has 0 atom stereocenters. The Kier molecular flexibility index (Phi) is 9.47. The normalized spacial score (nSPS) is 10.8. The van der Waals surface area contributed by atoms with Crippen molar-refractivity contribution < 1.29 is 4.92 Å². The van der Waals surface area contributed by atoms with E-state index in [0.29, 0.717) is 12.1 Å². The molecule has 0 fully saturated rings. The fourth-order valence-corrected chi connectivity index (χ4v) is 2.53. The molecule has 5 nitrogen and oxygen atoms in total. The highest BCUT2D eigenvalue weighted by Gasteiger charge is 2.09. The van der Waals surface area contributed by atoms with Crippen LogP contribution in [-0.2, 0) is 6.42 Å². The third-order valence-electron chi connectivity index (χ3n) is 3.80. The molecule has 6 heteroatoms. The topological polar surface area (TPSA) is 72.4 Å². The van der Waals surface area contributed by atoms with E-state index in [4.69, 9.17) is 5.73 Å². The molecule has 134 valence electrons. The molecule has 0 aliphatic heterocycles. The maximum atomic E-state index is 11.0. The number of hydrogen-bond donors (Lipinski definition) is 1. The molecule has 0 unspecified atom stereocenters. The van der Waals surface area contributed by atoms with Crippen LogP contribution in [0.25, 0.3) is 6.08 Å². The number of nitrogens with zero attached hydrogens (tertiary/aromatic N) is 2. The second-order valence-electron chi connectivity index (χ2n) is 5.54. The second kappa shape index (κ2) is 11.4. The summed E-state index contributed by atoms with van der Waals surface area (Å²) in [5, 5.41) is 11.0. The number of rotatable bonds is 9. The highest BCUT2D eigenvalue weighted by atomic mass is 35.5. The van der Waals surface area contributed by atoms with E-state index in [0.717, 1.165) is 26.1 Å². The smallest absolute Gasteiger partial charge is 0.276 e. The molecule has 2 N–H and O–H groups in total. The SMILES string of the molecule is Cl.NCCN(C/C=C/c1ccccc1[N+](=O)[O-])CCc1ccccc1. The van der Waals surface area contributed by atoms with E-state index in [1.54, 1.807) is 18.2 Å². The molecule has 0 saturated carbocycles. The summed E-state index contributed by atoms with van der Waals surface area (Å²) in [7, 11) is 0. The van der Waals surface area contributed by atoms with Crippen LogP contribution in [-0.4, -0.2) is 36.0 Å². The minimum atomic E-state index is -0.354. The molecular formula is C19H24ClN3O2. The zero-order chi connectivity index (χ0) is 17.2. The largest absolute Gasteiger partial charge is 0.329 e.